The summed E-state index contributed by atoms with van der Waals surface area (Å²) in [6.07, 6.45) is 0. The standard InChI is InChI=1S/C42H31B5O4/c43-35-31-29(21-12-9-20(10-13-21)23-14-11-19-5-1-2-6-22(19)17-23)33-34(42(50)39(47)38(46)41(33)49)30(32(31)40(48)37(45)36(35)44)24-15-16-28-26(18-24)25-7-3-4-8-27(25)51-28/h1-18,48-50H,43-47H2. The number of hydrogen-bond donors (Lipinski definition) is 3. The van der Waals surface area contributed by atoms with Crippen molar-refractivity contribution < 1.29 is 19.7 Å². The highest BCUT2D eigenvalue weighted by molar-refractivity contribution is 6.63. The molecule has 0 aliphatic carbocycles. The molecule has 9 rings (SSSR count). The topological polar surface area (TPSA) is 73.8 Å². The molecule has 1 heterocycles. The molecule has 51 heavy (non-hydrogen) atoms. The fourth-order valence-electron chi connectivity index (χ4n) is 8.06. The van der Waals surface area contributed by atoms with Crippen molar-refractivity contribution in [2.45, 2.75) is 0 Å². The van der Waals surface area contributed by atoms with E-state index in [0.717, 1.165) is 71.5 Å². The van der Waals surface area contributed by atoms with Crippen molar-refractivity contribution in [3.8, 4) is 50.6 Å². The Hall–Kier alpha value is -5.94. The van der Waals surface area contributed by atoms with E-state index in [2.05, 4.69) is 74.6 Å². The Balaban J connectivity index is 1.41. The summed E-state index contributed by atoms with van der Waals surface area (Å²) in [5.74, 6) is 0.357. The number of hydrogen-bond acceptors (Lipinski definition) is 4. The van der Waals surface area contributed by atoms with Crippen LogP contribution in [-0.4, -0.2) is 54.6 Å². The van der Waals surface area contributed by atoms with Crippen LogP contribution in [0.5, 0.6) is 17.2 Å². The maximum absolute atomic E-state index is 12.2. The number of benzene rings is 8. The fourth-order valence-corrected chi connectivity index (χ4v) is 8.06. The molecule has 0 fully saturated rings. The maximum Gasteiger partial charge on any atom is 0.143 e. The van der Waals surface area contributed by atoms with Crippen molar-refractivity contribution in [1.82, 2.24) is 0 Å². The van der Waals surface area contributed by atoms with E-state index in [1.807, 2.05) is 73.8 Å². The Morgan fingerprint density at radius 1 is 0.373 bits per heavy atom. The first-order chi connectivity index (χ1) is 24.6. The number of aromatic hydroxyl groups is 3. The monoisotopic (exact) mass is 654 g/mol. The predicted octanol–water partition coefficient (Wildman–Crippen LogP) is 2.46. The van der Waals surface area contributed by atoms with Crippen molar-refractivity contribution in [2.75, 3.05) is 0 Å². The summed E-state index contributed by atoms with van der Waals surface area (Å²) >= 11 is 0. The van der Waals surface area contributed by atoms with Crippen LogP contribution in [0.2, 0.25) is 0 Å². The van der Waals surface area contributed by atoms with Crippen LogP contribution < -0.4 is 27.3 Å². The molecule has 0 atom stereocenters. The number of furan rings is 1. The third-order valence-corrected chi connectivity index (χ3v) is 11.3. The van der Waals surface area contributed by atoms with Gasteiger partial charge in [0.2, 0.25) is 0 Å². The van der Waals surface area contributed by atoms with Gasteiger partial charge in [0.15, 0.2) is 0 Å². The second kappa shape index (κ2) is 11.3. The lowest BCUT2D eigenvalue weighted by Gasteiger charge is -2.25. The molecule has 9 heteroatoms. The van der Waals surface area contributed by atoms with Crippen LogP contribution >= 0.6 is 0 Å². The summed E-state index contributed by atoms with van der Waals surface area (Å²) in [6, 6.07) is 37.2. The van der Waals surface area contributed by atoms with E-state index in [4.69, 9.17) is 4.42 Å². The van der Waals surface area contributed by atoms with Crippen LogP contribution in [0, 0.1) is 0 Å². The van der Waals surface area contributed by atoms with Gasteiger partial charge in [0, 0.05) is 38.1 Å². The summed E-state index contributed by atoms with van der Waals surface area (Å²) < 4.78 is 6.17. The zero-order valence-electron chi connectivity index (χ0n) is 29.1. The van der Waals surface area contributed by atoms with E-state index in [0.29, 0.717) is 32.6 Å². The molecule has 0 saturated heterocycles. The Morgan fingerprint density at radius 3 is 1.59 bits per heavy atom. The van der Waals surface area contributed by atoms with E-state index < -0.39 is 0 Å². The van der Waals surface area contributed by atoms with Crippen LogP contribution in [-0.2, 0) is 0 Å². The van der Waals surface area contributed by atoms with Crippen LogP contribution in [0.15, 0.2) is 114 Å². The van der Waals surface area contributed by atoms with E-state index in [-0.39, 0.29) is 17.2 Å². The fraction of sp³-hybridized carbons (Fsp3) is 0. The summed E-state index contributed by atoms with van der Waals surface area (Å²) in [5.41, 5.74) is 10.8. The second-order valence-electron chi connectivity index (χ2n) is 13.9. The molecule has 0 spiro atoms. The molecular weight excluding hydrogens is 623 g/mol. The van der Waals surface area contributed by atoms with Gasteiger partial charge in [-0.25, -0.2) is 0 Å². The van der Waals surface area contributed by atoms with E-state index in [1.54, 1.807) is 0 Å². The zero-order valence-corrected chi connectivity index (χ0v) is 29.1. The Labute approximate surface area is 299 Å². The largest absolute Gasteiger partial charge is 0.508 e. The number of phenols is 3. The van der Waals surface area contributed by atoms with Crippen molar-refractivity contribution in [3.63, 3.8) is 0 Å². The van der Waals surface area contributed by atoms with Crippen LogP contribution in [0.4, 0.5) is 0 Å². The maximum atomic E-state index is 12.2. The van der Waals surface area contributed by atoms with Gasteiger partial charge in [-0.2, -0.15) is 0 Å². The van der Waals surface area contributed by atoms with E-state index in [1.165, 1.54) is 10.8 Å². The van der Waals surface area contributed by atoms with Gasteiger partial charge in [-0.05, 0) is 73.6 Å². The highest BCUT2D eigenvalue weighted by Crippen LogP contribution is 2.50. The average molecular weight is 654 g/mol. The number of rotatable bonds is 3. The Bertz CT molecular complexity index is 2870. The molecule has 9 aromatic rings. The first kappa shape index (κ1) is 31.1. The lowest BCUT2D eigenvalue weighted by molar-refractivity contribution is 0.476. The Morgan fingerprint density at radius 2 is 0.882 bits per heavy atom. The van der Waals surface area contributed by atoms with Crippen molar-refractivity contribution in [3.05, 3.63) is 109 Å². The average Bonchev–Trinajstić information content (AvgIpc) is 3.54. The van der Waals surface area contributed by atoms with Crippen molar-refractivity contribution in [2.24, 2.45) is 0 Å². The summed E-state index contributed by atoms with van der Waals surface area (Å²) in [4.78, 5) is 0. The first-order valence-corrected chi connectivity index (χ1v) is 17.3. The normalized spacial score (nSPS) is 11.8. The minimum atomic E-state index is 0.0821. The summed E-state index contributed by atoms with van der Waals surface area (Å²) in [7, 11) is 9.72. The van der Waals surface area contributed by atoms with Gasteiger partial charge < -0.3 is 19.7 Å². The minimum Gasteiger partial charge on any atom is -0.508 e. The van der Waals surface area contributed by atoms with E-state index >= 15 is 0 Å². The van der Waals surface area contributed by atoms with Crippen molar-refractivity contribution in [1.29, 1.82) is 0 Å². The molecule has 0 radical (unpaired) electrons. The summed E-state index contributed by atoms with van der Waals surface area (Å²) in [6.45, 7) is 0. The summed E-state index contributed by atoms with van der Waals surface area (Å²) in [5, 5.41) is 43.3. The molecule has 0 aliphatic rings. The molecule has 0 unspecified atom stereocenters. The first-order valence-electron chi connectivity index (χ1n) is 17.3. The van der Waals surface area contributed by atoms with Gasteiger partial charge in [-0.1, -0.05) is 101 Å². The predicted molar refractivity (Wildman–Crippen MR) is 228 cm³/mol. The molecule has 0 amide bonds. The molecule has 238 valence electrons. The lowest BCUT2D eigenvalue weighted by atomic mass is 9.66. The van der Waals surface area contributed by atoms with Gasteiger partial charge >= 0.3 is 0 Å². The molecule has 8 aromatic carbocycles. The van der Waals surface area contributed by atoms with Gasteiger partial charge in [0.25, 0.3) is 0 Å². The highest BCUT2D eigenvalue weighted by Gasteiger charge is 2.28. The van der Waals surface area contributed by atoms with Gasteiger partial charge in [0.1, 0.15) is 67.6 Å². The number of phenolic OH excluding ortho intramolecular Hbond substituents is 3. The number of para-hydroxylation sites is 1. The molecule has 0 saturated carbocycles. The minimum absolute atomic E-state index is 0.0821. The van der Waals surface area contributed by atoms with E-state index in [9.17, 15) is 15.3 Å². The van der Waals surface area contributed by atoms with Gasteiger partial charge in [-0.15, -0.1) is 0 Å². The molecule has 0 bridgehead atoms. The molecule has 0 aliphatic heterocycles. The van der Waals surface area contributed by atoms with Crippen LogP contribution in [0.25, 0.3) is 87.6 Å². The lowest BCUT2D eigenvalue weighted by Crippen LogP contribution is -2.39. The van der Waals surface area contributed by atoms with Crippen molar-refractivity contribution >= 4 is 121 Å². The molecule has 1 aromatic heterocycles. The second-order valence-corrected chi connectivity index (χ2v) is 13.9. The SMILES string of the molecule is Bc1c(B)c(O)c2c(-c3ccc4oc5ccccc5c4c3)c3c(O)c(B)c(B)c(O)c3c(-c3ccc(-c4ccc5ccccc5c4)cc3)c2c1B. The third-order valence-electron chi connectivity index (χ3n) is 11.3. The molecular formula is C42H31B5O4. The quantitative estimate of drug-likeness (QED) is 0.156. The highest BCUT2D eigenvalue weighted by atomic mass is 16.3. The smallest absolute Gasteiger partial charge is 0.143 e. The number of fused-ring (bicyclic) bond motifs is 6. The van der Waals surface area contributed by atoms with Crippen LogP contribution in [0.1, 0.15) is 0 Å². The zero-order chi connectivity index (χ0) is 35.3. The van der Waals surface area contributed by atoms with Gasteiger partial charge in [0.05, 0.1) is 0 Å². The van der Waals surface area contributed by atoms with Gasteiger partial charge in [-0.3, -0.25) is 0 Å². The Kier molecular flexibility index (Phi) is 6.88. The molecule has 3 N–H and O–H groups in total. The third kappa shape index (κ3) is 4.47. The molecule has 4 nitrogen and oxygen atoms in total. The van der Waals surface area contributed by atoms with Crippen LogP contribution in [0.3, 0.4) is 0 Å².